The summed E-state index contributed by atoms with van der Waals surface area (Å²) >= 11 is 3.23. The quantitative estimate of drug-likeness (QED) is 0.463. The van der Waals surface area contributed by atoms with Crippen LogP contribution in [0.2, 0.25) is 0 Å². The fourth-order valence-electron chi connectivity index (χ4n) is 1.04. The molecule has 0 aliphatic rings. The standard InChI is InChI=1S/C10H9BrO3/c1-6-3-4-7(11)5-8(6)9(12)10(13)14-2/h3-5H,1-2H3. The van der Waals surface area contributed by atoms with Crippen LogP contribution < -0.4 is 0 Å². The number of carbonyl (C=O) groups excluding carboxylic acids is 2. The molecule has 1 aromatic rings. The van der Waals surface area contributed by atoms with Crippen LogP contribution in [0.1, 0.15) is 15.9 Å². The number of ketones is 1. The van der Waals surface area contributed by atoms with Crippen molar-refractivity contribution in [1.82, 2.24) is 0 Å². The Balaban J connectivity index is 3.12. The van der Waals surface area contributed by atoms with Gasteiger partial charge in [-0.15, -0.1) is 0 Å². The predicted molar refractivity (Wildman–Crippen MR) is 55.2 cm³/mol. The summed E-state index contributed by atoms with van der Waals surface area (Å²) in [4.78, 5) is 22.4. The first kappa shape index (κ1) is 10.9. The van der Waals surface area contributed by atoms with E-state index in [9.17, 15) is 9.59 Å². The highest BCUT2D eigenvalue weighted by Crippen LogP contribution is 2.16. The second-order valence-electron chi connectivity index (χ2n) is 2.78. The number of carbonyl (C=O) groups is 2. The monoisotopic (exact) mass is 256 g/mol. The third kappa shape index (κ3) is 2.20. The maximum absolute atomic E-state index is 11.5. The number of rotatable bonds is 2. The second-order valence-corrected chi connectivity index (χ2v) is 3.70. The molecule has 0 fully saturated rings. The molecule has 0 aromatic heterocycles. The molecule has 0 spiro atoms. The molecule has 0 aliphatic carbocycles. The van der Waals surface area contributed by atoms with Crippen LogP contribution in [0.15, 0.2) is 22.7 Å². The summed E-state index contributed by atoms with van der Waals surface area (Å²) in [5.41, 5.74) is 1.12. The molecule has 0 heterocycles. The van der Waals surface area contributed by atoms with E-state index < -0.39 is 11.8 Å². The van der Waals surface area contributed by atoms with Crippen molar-refractivity contribution in [2.45, 2.75) is 6.92 Å². The molecule has 0 N–H and O–H groups in total. The average molecular weight is 257 g/mol. The van der Waals surface area contributed by atoms with Gasteiger partial charge in [-0.1, -0.05) is 22.0 Å². The molecule has 3 nitrogen and oxygen atoms in total. The first-order chi connectivity index (χ1) is 6.56. The van der Waals surface area contributed by atoms with Crippen molar-refractivity contribution in [1.29, 1.82) is 0 Å². The van der Waals surface area contributed by atoms with Crippen molar-refractivity contribution in [2.24, 2.45) is 0 Å². The number of benzene rings is 1. The van der Waals surface area contributed by atoms with E-state index >= 15 is 0 Å². The van der Waals surface area contributed by atoms with Gasteiger partial charge in [0.15, 0.2) is 0 Å². The normalized spacial score (nSPS) is 9.64. The van der Waals surface area contributed by atoms with Crippen molar-refractivity contribution in [2.75, 3.05) is 7.11 Å². The van der Waals surface area contributed by atoms with Gasteiger partial charge >= 0.3 is 5.97 Å². The minimum absolute atomic E-state index is 0.367. The number of esters is 1. The van der Waals surface area contributed by atoms with Crippen LogP contribution in [0.3, 0.4) is 0 Å². The predicted octanol–water partition coefficient (Wildman–Crippen LogP) is 2.11. The lowest BCUT2D eigenvalue weighted by Gasteiger charge is -2.03. The summed E-state index contributed by atoms with van der Waals surface area (Å²) < 4.78 is 5.12. The highest BCUT2D eigenvalue weighted by molar-refractivity contribution is 9.10. The summed E-state index contributed by atoms with van der Waals surface area (Å²) in [5, 5.41) is 0. The minimum atomic E-state index is -0.841. The largest absolute Gasteiger partial charge is 0.463 e. The Bertz CT molecular complexity index is 385. The summed E-state index contributed by atoms with van der Waals surface area (Å²) in [5.74, 6) is -1.46. The van der Waals surface area contributed by atoms with E-state index in [0.717, 1.165) is 10.0 Å². The molecular weight excluding hydrogens is 248 g/mol. The molecular formula is C10H9BrO3. The lowest BCUT2D eigenvalue weighted by atomic mass is 10.1. The summed E-state index contributed by atoms with van der Waals surface area (Å²) in [7, 11) is 1.19. The summed E-state index contributed by atoms with van der Waals surface area (Å²) in [6, 6.07) is 5.18. The summed E-state index contributed by atoms with van der Waals surface area (Å²) in [6.45, 7) is 1.77. The summed E-state index contributed by atoms with van der Waals surface area (Å²) in [6.07, 6.45) is 0. The van der Waals surface area contributed by atoms with Crippen LogP contribution >= 0.6 is 15.9 Å². The highest BCUT2D eigenvalue weighted by atomic mass is 79.9. The number of ether oxygens (including phenoxy) is 1. The topological polar surface area (TPSA) is 43.4 Å². The zero-order valence-electron chi connectivity index (χ0n) is 7.83. The van der Waals surface area contributed by atoms with Crippen LogP contribution in [0.4, 0.5) is 0 Å². The van der Waals surface area contributed by atoms with Gasteiger partial charge in [0.25, 0.3) is 5.78 Å². The van der Waals surface area contributed by atoms with Crippen molar-refractivity contribution in [3.63, 3.8) is 0 Å². The van der Waals surface area contributed by atoms with Gasteiger partial charge in [-0.2, -0.15) is 0 Å². The smallest absolute Gasteiger partial charge is 0.379 e. The van der Waals surface area contributed by atoms with Crippen molar-refractivity contribution < 1.29 is 14.3 Å². The lowest BCUT2D eigenvalue weighted by molar-refractivity contribution is -0.135. The first-order valence-corrected chi connectivity index (χ1v) is 4.74. The third-order valence-corrected chi connectivity index (χ3v) is 2.31. The molecule has 0 atom stereocenters. The number of aryl methyl sites for hydroxylation is 1. The Morgan fingerprint density at radius 3 is 2.57 bits per heavy atom. The molecule has 0 saturated heterocycles. The highest BCUT2D eigenvalue weighted by Gasteiger charge is 2.18. The molecule has 0 bridgehead atoms. The fourth-order valence-corrected chi connectivity index (χ4v) is 1.40. The van der Waals surface area contributed by atoms with Gasteiger partial charge in [-0.05, 0) is 24.6 Å². The van der Waals surface area contributed by atoms with E-state index in [1.165, 1.54) is 7.11 Å². The van der Waals surface area contributed by atoms with E-state index in [1.54, 1.807) is 19.1 Å². The van der Waals surface area contributed by atoms with Gasteiger partial charge in [-0.3, -0.25) is 4.79 Å². The molecule has 0 amide bonds. The third-order valence-electron chi connectivity index (χ3n) is 1.82. The van der Waals surface area contributed by atoms with E-state index in [-0.39, 0.29) is 0 Å². The number of Topliss-reactive ketones (excluding diaryl/α,β-unsaturated/α-hetero) is 1. The van der Waals surface area contributed by atoms with Gasteiger partial charge < -0.3 is 4.74 Å². The Labute approximate surface area is 90.2 Å². The first-order valence-electron chi connectivity index (χ1n) is 3.95. The number of halogens is 1. The minimum Gasteiger partial charge on any atom is -0.463 e. The Hall–Kier alpha value is -1.16. The van der Waals surface area contributed by atoms with Crippen molar-refractivity contribution in [3.8, 4) is 0 Å². The molecule has 0 saturated carbocycles. The van der Waals surface area contributed by atoms with Gasteiger partial charge in [0, 0.05) is 10.0 Å². The van der Waals surface area contributed by atoms with E-state index in [1.807, 2.05) is 6.07 Å². The second kappa shape index (κ2) is 4.37. The van der Waals surface area contributed by atoms with E-state index in [2.05, 4.69) is 20.7 Å². The van der Waals surface area contributed by atoms with Gasteiger partial charge in [0.05, 0.1) is 7.11 Å². The molecule has 1 aromatic carbocycles. The van der Waals surface area contributed by atoms with Crippen LogP contribution in [0.25, 0.3) is 0 Å². The van der Waals surface area contributed by atoms with Gasteiger partial charge in [0.2, 0.25) is 0 Å². The Morgan fingerprint density at radius 2 is 2.00 bits per heavy atom. The lowest BCUT2D eigenvalue weighted by Crippen LogP contribution is -2.16. The average Bonchev–Trinajstić information content (AvgIpc) is 2.19. The zero-order valence-corrected chi connectivity index (χ0v) is 9.42. The molecule has 4 heteroatoms. The molecule has 0 aliphatic heterocycles. The van der Waals surface area contributed by atoms with E-state index in [0.29, 0.717) is 5.56 Å². The SMILES string of the molecule is COC(=O)C(=O)c1cc(Br)ccc1C. The number of methoxy groups -OCH3 is 1. The van der Waals surface area contributed by atoms with Gasteiger partial charge in [-0.25, -0.2) is 4.79 Å². The Morgan fingerprint density at radius 1 is 1.36 bits per heavy atom. The van der Waals surface area contributed by atoms with Crippen LogP contribution in [0.5, 0.6) is 0 Å². The van der Waals surface area contributed by atoms with Crippen molar-refractivity contribution >= 4 is 27.7 Å². The Kier molecular flexibility index (Phi) is 3.41. The molecule has 14 heavy (non-hydrogen) atoms. The van der Waals surface area contributed by atoms with E-state index in [4.69, 9.17) is 0 Å². The fraction of sp³-hybridized carbons (Fsp3) is 0.200. The zero-order chi connectivity index (χ0) is 10.7. The van der Waals surface area contributed by atoms with Crippen LogP contribution in [-0.4, -0.2) is 18.9 Å². The molecule has 74 valence electrons. The van der Waals surface area contributed by atoms with Crippen LogP contribution in [0, 0.1) is 6.92 Å². The molecule has 0 radical (unpaired) electrons. The van der Waals surface area contributed by atoms with Crippen LogP contribution in [-0.2, 0) is 9.53 Å². The number of hydrogen-bond donors (Lipinski definition) is 0. The molecule has 1 rings (SSSR count). The maximum atomic E-state index is 11.5. The van der Waals surface area contributed by atoms with Gasteiger partial charge in [0.1, 0.15) is 0 Å². The van der Waals surface area contributed by atoms with Crippen molar-refractivity contribution in [3.05, 3.63) is 33.8 Å². The molecule has 0 unspecified atom stereocenters. The number of hydrogen-bond acceptors (Lipinski definition) is 3. The maximum Gasteiger partial charge on any atom is 0.379 e.